The van der Waals surface area contributed by atoms with E-state index >= 15 is 0 Å². The Kier molecular flexibility index (Phi) is 6.27. The normalized spacial score (nSPS) is 10.4. The van der Waals surface area contributed by atoms with Gasteiger partial charge in [0.25, 0.3) is 0 Å². The molecular formula is C18H20O9. The maximum absolute atomic E-state index is 12.6. The molecule has 9 heteroatoms. The van der Waals surface area contributed by atoms with Crippen molar-refractivity contribution >= 4 is 22.7 Å². The number of hydrogen-bond acceptors (Lipinski definition) is 9. The van der Waals surface area contributed by atoms with Crippen LogP contribution in [0.1, 0.15) is 34.8 Å². The maximum atomic E-state index is 12.6. The summed E-state index contributed by atoms with van der Waals surface area (Å²) in [6.45, 7) is 3.24. The highest BCUT2D eigenvalue weighted by Gasteiger charge is 2.31. The molecule has 0 fully saturated rings. The first kappa shape index (κ1) is 20.1. The number of rotatable bonds is 7. The summed E-state index contributed by atoms with van der Waals surface area (Å²) in [6, 6.07) is 1.33. The van der Waals surface area contributed by atoms with Gasteiger partial charge in [0.15, 0.2) is 11.5 Å². The highest BCUT2D eigenvalue weighted by Crippen LogP contribution is 2.44. The number of fused-ring (bicyclic) bond motifs is 1. The van der Waals surface area contributed by atoms with Crippen LogP contribution >= 0.6 is 0 Å². The molecule has 0 aliphatic heterocycles. The van der Waals surface area contributed by atoms with E-state index < -0.39 is 23.3 Å². The molecule has 0 amide bonds. The predicted octanol–water partition coefficient (Wildman–Crippen LogP) is 2.17. The van der Waals surface area contributed by atoms with Crippen molar-refractivity contribution in [2.45, 2.75) is 13.8 Å². The Balaban J connectivity index is 3.06. The lowest BCUT2D eigenvalue weighted by molar-refractivity contribution is 0.0445. The van der Waals surface area contributed by atoms with Crippen molar-refractivity contribution in [1.82, 2.24) is 0 Å². The van der Waals surface area contributed by atoms with Gasteiger partial charge >= 0.3 is 17.6 Å². The summed E-state index contributed by atoms with van der Waals surface area (Å²) >= 11 is 0. The second-order valence-corrected chi connectivity index (χ2v) is 5.10. The second kappa shape index (κ2) is 8.43. The smallest absolute Gasteiger partial charge is 0.375 e. The first-order chi connectivity index (χ1) is 12.9. The highest BCUT2D eigenvalue weighted by molar-refractivity contribution is 6.13. The van der Waals surface area contributed by atoms with E-state index in [4.69, 9.17) is 28.1 Å². The molecule has 0 aliphatic carbocycles. The first-order valence-corrected chi connectivity index (χ1v) is 8.08. The molecule has 0 saturated heterocycles. The van der Waals surface area contributed by atoms with Crippen LogP contribution in [-0.2, 0) is 9.47 Å². The Hall–Kier alpha value is -3.23. The van der Waals surface area contributed by atoms with Gasteiger partial charge < -0.3 is 28.1 Å². The van der Waals surface area contributed by atoms with Gasteiger partial charge in [-0.05, 0) is 19.9 Å². The summed E-state index contributed by atoms with van der Waals surface area (Å²) < 4.78 is 30.9. The molecule has 1 aromatic heterocycles. The minimum Gasteiger partial charge on any atom is -0.493 e. The third-order valence-electron chi connectivity index (χ3n) is 3.66. The number of esters is 2. The Morgan fingerprint density at radius 3 is 2.04 bits per heavy atom. The van der Waals surface area contributed by atoms with Gasteiger partial charge in [0, 0.05) is 0 Å². The minimum absolute atomic E-state index is 0.00732. The average Bonchev–Trinajstić information content (AvgIpc) is 2.66. The largest absolute Gasteiger partial charge is 0.493 e. The van der Waals surface area contributed by atoms with E-state index in [9.17, 15) is 14.4 Å². The molecule has 1 heterocycles. The molecule has 146 valence electrons. The molecule has 0 atom stereocenters. The molecular weight excluding hydrogens is 360 g/mol. The molecule has 0 aliphatic rings. The van der Waals surface area contributed by atoms with Gasteiger partial charge in [-0.15, -0.1) is 0 Å². The van der Waals surface area contributed by atoms with Gasteiger partial charge in [0.2, 0.25) is 11.5 Å². The zero-order valence-electron chi connectivity index (χ0n) is 15.7. The second-order valence-electron chi connectivity index (χ2n) is 5.10. The molecule has 0 saturated carbocycles. The summed E-state index contributed by atoms with van der Waals surface area (Å²) in [6.07, 6.45) is 0. The van der Waals surface area contributed by atoms with Gasteiger partial charge in [-0.25, -0.2) is 14.4 Å². The summed E-state index contributed by atoms with van der Waals surface area (Å²) in [4.78, 5) is 37.4. The average molecular weight is 380 g/mol. The van der Waals surface area contributed by atoms with Crippen LogP contribution in [0.15, 0.2) is 15.3 Å². The van der Waals surface area contributed by atoms with Crippen LogP contribution in [0.3, 0.4) is 0 Å². The Morgan fingerprint density at radius 2 is 1.52 bits per heavy atom. The van der Waals surface area contributed by atoms with E-state index in [-0.39, 0.29) is 46.8 Å². The van der Waals surface area contributed by atoms with Gasteiger partial charge in [-0.2, -0.15) is 0 Å². The number of carbonyl (C=O) groups is 2. The fraction of sp³-hybridized carbons (Fsp3) is 0.389. The lowest BCUT2D eigenvalue weighted by atomic mass is 10.0. The molecule has 0 spiro atoms. The van der Waals surface area contributed by atoms with E-state index in [1.165, 1.54) is 27.4 Å². The molecule has 27 heavy (non-hydrogen) atoms. The topological polar surface area (TPSA) is 111 Å². The van der Waals surface area contributed by atoms with Gasteiger partial charge in [-0.1, -0.05) is 0 Å². The standard InChI is InChI=1S/C18H20O9/c1-6-25-17(20)12-11-9(16(19)27-15(12)18(21)26-7-2)8-10(22-3)13(23-4)14(11)24-5/h8H,6-7H2,1-5H3. The van der Waals surface area contributed by atoms with Gasteiger partial charge in [0.1, 0.15) is 5.56 Å². The lowest BCUT2D eigenvalue weighted by Crippen LogP contribution is -2.19. The van der Waals surface area contributed by atoms with Crippen LogP contribution < -0.4 is 19.8 Å². The zero-order chi connectivity index (χ0) is 20.1. The van der Waals surface area contributed by atoms with Crippen molar-refractivity contribution < 1.29 is 37.7 Å². The summed E-state index contributed by atoms with van der Waals surface area (Å²) in [5.74, 6) is -2.07. The molecule has 0 bridgehead atoms. The molecule has 1 aromatic carbocycles. The highest BCUT2D eigenvalue weighted by atomic mass is 16.6. The number of ether oxygens (including phenoxy) is 5. The summed E-state index contributed by atoms with van der Waals surface area (Å²) in [7, 11) is 4.07. The van der Waals surface area contributed by atoms with Crippen LogP contribution in [0.2, 0.25) is 0 Å². The number of benzene rings is 1. The monoisotopic (exact) mass is 380 g/mol. The molecule has 2 aromatic rings. The van der Waals surface area contributed by atoms with Crippen molar-refractivity contribution in [2.75, 3.05) is 34.5 Å². The van der Waals surface area contributed by atoms with Gasteiger partial charge in [0.05, 0.1) is 45.3 Å². The zero-order valence-corrected chi connectivity index (χ0v) is 15.7. The first-order valence-electron chi connectivity index (χ1n) is 8.08. The fourth-order valence-corrected chi connectivity index (χ4v) is 2.62. The Morgan fingerprint density at radius 1 is 0.926 bits per heavy atom. The van der Waals surface area contributed by atoms with Crippen LogP contribution in [0.4, 0.5) is 0 Å². The third-order valence-corrected chi connectivity index (χ3v) is 3.66. The molecule has 0 unspecified atom stereocenters. The van der Waals surface area contributed by atoms with Crippen molar-refractivity contribution in [1.29, 1.82) is 0 Å². The Labute approximate surface area is 154 Å². The van der Waals surface area contributed by atoms with Gasteiger partial charge in [-0.3, -0.25) is 0 Å². The van der Waals surface area contributed by atoms with E-state index in [1.807, 2.05) is 0 Å². The lowest BCUT2D eigenvalue weighted by Gasteiger charge is -2.17. The van der Waals surface area contributed by atoms with E-state index in [0.717, 1.165) is 0 Å². The SMILES string of the molecule is CCOC(=O)c1oc(=O)c2cc(OC)c(OC)c(OC)c2c1C(=O)OCC. The predicted molar refractivity (Wildman–Crippen MR) is 94.1 cm³/mol. The number of methoxy groups -OCH3 is 3. The third kappa shape index (κ3) is 3.53. The van der Waals surface area contributed by atoms with Crippen LogP contribution in [0, 0.1) is 0 Å². The maximum Gasteiger partial charge on any atom is 0.375 e. The molecule has 0 radical (unpaired) electrons. The van der Waals surface area contributed by atoms with Crippen molar-refractivity contribution in [3.05, 3.63) is 27.8 Å². The number of hydrogen-bond donors (Lipinski definition) is 0. The van der Waals surface area contributed by atoms with E-state index in [2.05, 4.69) is 0 Å². The fourth-order valence-electron chi connectivity index (χ4n) is 2.62. The molecule has 0 N–H and O–H groups in total. The molecule has 2 rings (SSSR count). The minimum atomic E-state index is -0.976. The van der Waals surface area contributed by atoms with Crippen LogP contribution in [0.5, 0.6) is 17.2 Å². The Bertz CT molecular complexity index is 927. The van der Waals surface area contributed by atoms with Crippen LogP contribution in [0.25, 0.3) is 10.8 Å². The summed E-state index contributed by atoms with van der Waals surface area (Å²) in [5.41, 5.74) is -1.16. The van der Waals surface area contributed by atoms with Crippen LogP contribution in [-0.4, -0.2) is 46.5 Å². The van der Waals surface area contributed by atoms with Crippen molar-refractivity contribution in [3.8, 4) is 17.2 Å². The molecule has 9 nitrogen and oxygen atoms in total. The summed E-state index contributed by atoms with van der Waals surface area (Å²) in [5, 5.41) is -0.0338. The van der Waals surface area contributed by atoms with Crippen molar-refractivity contribution in [2.24, 2.45) is 0 Å². The number of carbonyl (C=O) groups excluding carboxylic acids is 2. The quantitative estimate of drug-likeness (QED) is 0.667. The van der Waals surface area contributed by atoms with E-state index in [0.29, 0.717) is 0 Å². The van der Waals surface area contributed by atoms with E-state index in [1.54, 1.807) is 13.8 Å². The van der Waals surface area contributed by atoms with Crippen molar-refractivity contribution in [3.63, 3.8) is 0 Å².